The second-order valence-corrected chi connectivity index (χ2v) is 6.03. The molecule has 0 aliphatic heterocycles. The topological polar surface area (TPSA) is 92.0 Å². The number of carbonyl (C=O) groups is 2. The van der Waals surface area contributed by atoms with Crippen molar-refractivity contribution in [2.75, 3.05) is 21.2 Å². The second-order valence-electron chi connectivity index (χ2n) is 6.03. The molecule has 0 spiro atoms. The molecule has 1 aromatic rings. The minimum absolute atomic E-state index is 0.0872. The van der Waals surface area contributed by atoms with Crippen molar-refractivity contribution in [1.29, 1.82) is 0 Å². The summed E-state index contributed by atoms with van der Waals surface area (Å²) in [6.45, 7) is 0.232. The minimum atomic E-state index is -0.506. The minimum Gasteiger partial charge on any atom is -0.454 e. The molecule has 1 heterocycles. The molecular weight excluding hydrogens is 300 g/mol. The van der Waals surface area contributed by atoms with Crippen LogP contribution in [0.3, 0.4) is 0 Å². The summed E-state index contributed by atoms with van der Waals surface area (Å²) < 4.78 is 10.6. The third-order valence-corrected chi connectivity index (χ3v) is 4.15. The van der Waals surface area contributed by atoms with Crippen LogP contribution in [0.1, 0.15) is 35.6 Å². The molecule has 1 aromatic heterocycles. The summed E-state index contributed by atoms with van der Waals surface area (Å²) in [5.41, 5.74) is 0. The van der Waals surface area contributed by atoms with Gasteiger partial charge in [0, 0.05) is 27.1 Å². The van der Waals surface area contributed by atoms with Gasteiger partial charge in [-0.05, 0) is 31.4 Å². The first-order valence-electron chi connectivity index (χ1n) is 7.71. The number of aliphatic hydroxyl groups is 1. The first-order valence-corrected chi connectivity index (χ1v) is 7.71. The Labute approximate surface area is 135 Å². The van der Waals surface area contributed by atoms with Crippen LogP contribution in [0, 0.1) is 5.92 Å². The highest BCUT2D eigenvalue weighted by atomic mass is 16.5. The van der Waals surface area contributed by atoms with Crippen LogP contribution in [0.4, 0.5) is 0 Å². The van der Waals surface area contributed by atoms with Crippen LogP contribution in [-0.4, -0.2) is 55.2 Å². The molecule has 7 heteroatoms. The van der Waals surface area contributed by atoms with Crippen molar-refractivity contribution in [1.82, 2.24) is 10.2 Å². The number of nitrogens with zero attached hydrogens (tertiary/aromatic N) is 1. The molecule has 7 nitrogen and oxygen atoms in total. The summed E-state index contributed by atoms with van der Waals surface area (Å²) in [6.07, 6.45) is 0.890. The predicted octanol–water partition coefficient (Wildman–Crippen LogP) is 0.774. The normalized spacial score (nSPS) is 24.3. The van der Waals surface area contributed by atoms with Gasteiger partial charge in [0.05, 0.1) is 18.8 Å². The van der Waals surface area contributed by atoms with Gasteiger partial charge in [0.25, 0.3) is 5.91 Å². The lowest BCUT2D eigenvalue weighted by Gasteiger charge is -2.31. The Kier molecular flexibility index (Phi) is 5.79. The molecule has 0 saturated heterocycles. The molecule has 1 aliphatic rings. The van der Waals surface area contributed by atoms with Crippen LogP contribution in [-0.2, 0) is 16.1 Å². The van der Waals surface area contributed by atoms with Crippen molar-refractivity contribution in [3.05, 3.63) is 23.7 Å². The Morgan fingerprint density at radius 2 is 2.13 bits per heavy atom. The van der Waals surface area contributed by atoms with E-state index in [1.165, 1.54) is 4.90 Å². The highest BCUT2D eigenvalue weighted by Crippen LogP contribution is 2.26. The number of nitrogens with one attached hydrogen (secondary N) is 1. The van der Waals surface area contributed by atoms with Gasteiger partial charge in [0.15, 0.2) is 5.76 Å². The summed E-state index contributed by atoms with van der Waals surface area (Å²) in [6, 6.07) is 3.28. The first kappa shape index (κ1) is 17.5. The van der Waals surface area contributed by atoms with E-state index in [1.807, 2.05) is 0 Å². The van der Waals surface area contributed by atoms with E-state index in [9.17, 15) is 14.7 Å². The third kappa shape index (κ3) is 4.33. The molecule has 23 heavy (non-hydrogen) atoms. The number of carbonyl (C=O) groups excluding carboxylic acids is 2. The lowest BCUT2D eigenvalue weighted by atomic mass is 9.84. The van der Waals surface area contributed by atoms with Crippen LogP contribution in [0.2, 0.25) is 0 Å². The zero-order valence-electron chi connectivity index (χ0n) is 13.7. The van der Waals surface area contributed by atoms with E-state index in [2.05, 4.69) is 5.32 Å². The van der Waals surface area contributed by atoms with Crippen molar-refractivity contribution in [3.8, 4) is 0 Å². The number of methoxy groups -OCH3 is 1. The van der Waals surface area contributed by atoms with Crippen molar-refractivity contribution in [2.45, 2.75) is 38.0 Å². The fourth-order valence-corrected chi connectivity index (χ4v) is 2.73. The third-order valence-electron chi connectivity index (χ3n) is 4.15. The Morgan fingerprint density at radius 1 is 1.39 bits per heavy atom. The van der Waals surface area contributed by atoms with Gasteiger partial charge in [-0.3, -0.25) is 9.59 Å². The second kappa shape index (κ2) is 7.61. The van der Waals surface area contributed by atoms with E-state index in [1.54, 1.807) is 33.3 Å². The number of rotatable bonds is 5. The van der Waals surface area contributed by atoms with Crippen molar-refractivity contribution >= 4 is 11.8 Å². The molecule has 2 amide bonds. The highest BCUT2D eigenvalue weighted by Gasteiger charge is 2.32. The number of hydrogen-bond acceptors (Lipinski definition) is 5. The van der Waals surface area contributed by atoms with E-state index in [0.29, 0.717) is 25.0 Å². The van der Waals surface area contributed by atoms with Crippen LogP contribution in [0.25, 0.3) is 0 Å². The number of aliphatic hydroxyl groups excluding tert-OH is 1. The smallest absolute Gasteiger partial charge is 0.289 e. The Hall–Kier alpha value is -1.86. The molecule has 3 atom stereocenters. The SMILES string of the molecule is CO[C@@H]1C[C@H](C(=O)NCc2ccc(C(=O)N(C)C)o2)CC[C@@H]1O. The van der Waals surface area contributed by atoms with E-state index < -0.39 is 6.10 Å². The van der Waals surface area contributed by atoms with Crippen LogP contribution >= 0.6 is 0 Å². The van der Waals surface area contributed by atoms with Crippen molar-refractivity contribution < 1.29 is 23.8 Å². The number of amides is 2. The van der Waals surface area contributed by atoms with E-state index in [-0.39, 0.29) is 36.1 Å². The Balaban J connectivity index is 1.86. The van der Waals surface area contributed by atoms with E-state index in [4.69, 9.17) is 9.15 Å². The molecule has 1 saturated carbocycles. The summed E-state index contributed by atoms with van der Waals surface area (Å²) in [4.78, 5) is 25.4. The average Bonchev–Trinajstić information content (AvgIpc) is 3.01. The summed E-state index contributed by atoms with van der Waals surface area (Å²) in [5.74, 6) is 0.297. The van der Waals surface area contributed by atoms with Gasteiger partial charge in [0.1, 0.15) is 5.76 Å². The quantitative estimate of drug-likeness (QED) is 0.835. The van der Waals surface area contributed by atoms with Crippen LogP contribution < -0.4 is 5.32 Å². The maximum Gasteiger partial charge on any atom is 0.289 e. The maximum absolute atomic E-state index is 12.2. The molecule has 2 rings (SSSR count). The van der Waals surface area contributed by atoms with Crippen LogP contribution in [0.15, 0.2) is 16.5 Å². The van der Waals surface area contributed by atoms with Crippen molar-refractivity contribution in [2.24, 2.45) is 5.92 Å². The summed E-state index contributed by atoms with van der Waals surface area (Å²) in [7, 11) is 4.84. The largest absolute Gasteiger partial charge is 0.454 e. The molecular formula is C16H24N2O5. The standard InChI is InChI=1S/C16H24N2O5/c1-18(2)16(21)13-7-5-11(23-13)9-17-15(20)10-4-6-12(19)14(8-10)22-3/h5,7,10,12,14,19H,4,6,8-9H2,1-3H3,(H,17,20)/t10-,12+,14-/m1/s1. The lowest BCUT2D eigenvalue weighted by Crippen LogP contribution is -2.41. The molecule has 0 bridgehead atoms. The van der Waals surface area contributed by atoms with Crippen molar-refractivity contribution in [3.63, 3.8) is 0 Å². The number of ether oxygens (including phenoxy) is 1. The van der Waals surface area contributed by atoms with E-state index >= 15 is 0 Å². The molecule has 0 radical (unpaired) electrons. The number of furan rings is 1. The predicted molar refractivity (Wildman–Crippen MR) is 82.7 cm³/mol. The summed E-state index contributed by atoms with van der Waals surface area (Å²) >= 11 is 0. The Morgan fingerprint density at radius 3 is 2.78 bits per heavy atom. The van der Waals surface area contributed by atoms with E-state index in [0.717, 1.165) is 0 Å². The van der Waals surface area contributed by atoms with Gasteiger partial charge in [0.2, 0.25) is 5.91 Å². The van der Waals surface area contributed by atoms with Gasteiger partial charge in [-0.1, -0.05) is 0 Å². The molecule has 1 aliphatic carbocycles. The fourth-order valence-electron chi connectivity index (χ4n) is 2.73. The molecule has 1 fully saturated rings. The highest BCUT2D eigenvalue weighted by molar-refractivity contribution is 5.91. The maximum atomic E-state index is 12.2. The first-order chi connectivity index (χ1) is 10.9. The molecule has 2 N–H and O–H groups in total. The van der Waals surface area contributed by atoms with Gasteiger partial charge in [-0.25, -0.2) is 0 Å². The fraction of sp³-hybridized carbons (Fsp3) is 0.625. The zero-order valence-corrected chi connectivity index (χ0v) is 13.7. The van der Waals surface area contributed by atoms with Gasteiger partial charge in [-0.15, -0.1) is 0 Å². The zero-order chi connectivity index (χ0) is 17.0. The van der Waals surface area contributed by atoms with Gasteiger partial charge in [-0.2, -0.15) is 0 Å². The van der Waals surface area contributed by atoms with Crippen LogP contribution in [0.5, 0.6) is 0 Å². The average molecular weight is 324 g/mol. The number of hydrogen-bond donors (Lipinski definition) is 2. The van der Waals surface area contributed by atoms with Gasteiger partial charge >= 0.3 is 0 Å². The molecule has 0 unspecified atom stereocenters. The van der Waals surface area contributed by atoms with Gasteiger partial charge < -0.3 is 24.5 Å². The molecule has 128 valence electrons. The molecule has 0 aromatic carbocycles. The Bertz CT molecular complexity index is 554. The monoisotopic (exact) mass is 324 g/mol. The summed E-state index contributed by atoms with van der Waals surface area (Å²) in [5, 5.41) is 12.6. The lowest BCUT2D eigenvalue weighted by molar-refractivity contribution is -0.130.